The van der Waals surface area contributed by atoms with Gasteiger partial charge in [-0.3, -0.25) is 9.59 Å². The van der Waals surface area contributed by atoms with Crippen molar-refractivity contribution in [1.29, 1.82) is 0 Å². The number of ketones is 1. The third-order valence-electron chi connectivity index (χ3n) is 3.97. The van der Waals surface area contributed by atoms with E-state index in [1.54, 1.807) is 6.92 Å². The molecule has 1 rings (SSSR count). The summed E-state index contributed by atoms with van der Waals surface area (Å²) in [6.07, 6.45) is 6.14. The zero-order valence-corrected chi connectivity index (χ0v) is 14.9. The molecule has 0 bridgehead atoms. The van der Waals surface area contributed by atoms with Crippen molar-refractivity contribution in [2.24, 2.45) is 5.92 Å². The zero-order valence-electron chi connectivity index (χ0n) is 14.1. The molecule has 1 atom stereocenters. The van der Waals surface area contributed by atoms with Crippen LogP contribution in [0.3, 0.4) is 0 Å². The largest absolute Gasteiger partial charge is 0.295 e. The van der Waals surface area contributed by atoms with Crippen LogP contribution in [0.5, 0.6) is 0 Å². The van der Waals surface area contributed by atoms with Gasteiger partial charge in [0.25, 0.3) is 0 Å². The minimum absolute atomic E-state index is 0.0734. The first kappa shape index (κ1) is 19.0. The number of aryl methyl sites for hydroxylation is 1. The number of carbonyl (C=O) groups excluding carboxylic acids is 2. The summed E-state index contributed by atoms with van der Waals surface area (Å²) in [7, 11) is 0. The van der Waals surface area contributed by atoms with E-state index in [2.05, 4.69) is 13.8 Å². The molecule has 22 heavy (non-hydrogen) atoms. The van der Waals surface area contributed by atoms with E-state index in [-0.39, 0.29) is 10.9 Å². The maximum absolute atomic E-state index is 12.0. The molecule has 1 unspecified atom stereocenters. The first-order valence-corrected chi connectivity index (χ1v) is 9.30. The van der Waals surface area contributed by atoms with E-state index in [1.807, 2.05) is 24.3 Å². The molecule has 0 saturated carbocycles. The number of hydrogen-bond acceptors (Lipinski definition) is 3. The van der Waals surface area contributed by atoms with Crippen LogP contribution in [0.25, 0.3) is 0 Å². The Morgan fingerprint density at radius 3 is 2.64 bits per heavy atom. The summed E-state index contributed by atoms with van der Waals surface area (Å²) in [5.74, 6) is 1.68. The molecule has 3 heteroatoms. The van der Waals surface area contributed by atoms with Crippen molar-refractivity contribution in [1.82, 2.24) is 0 Å². The van der Waals surface area contributed by atoms with E-state index in [0.29, 0.717) is 12.3 Å². The Balaban J connectivity index is 2.36. The third kappa shape index (κ3) is 7.26. The molecule has 0 aliphatic carbocycles. The van der Waals surface area contributed by atoms with Crippen molar-refractivity contribution in [2.75, 3.05) is 5.75 Å². The van der Waals surface area contributed by atoms with Gasteiger partial charge in [-0.1, -0.05) is 63.1 Å². The lowest BCUT2D eigenvalue weighted by molar-refractivity contribution is -0.110. The second-order valence-corrected chi connectivity index (χ2v) is 6.93. The molecule has 0 aromatic heterocycles. The summed E-state index contributed by atoms with van der Waals surface area (Å²) < 4.78 is 0. The monoisotopic (exact) mass is 320 g/mol. The summed E-state index contributed by atoms with van der Waals surface area (Å²) in [5.41, 5.74) is 1.79. The van der Waals surface area contributed by atoms with Gasteiger partial charge >= 0.3 is 0 Å². The molecule has 2 nitrogen and oxygen atoms in total. The standard InChI is InChI=1S/C19H28O2S/c1-4-6-8-16(5-2)14-22-19(21)12-11-17-9-7-10-18(13-17)15(3)20/h7,9-10,13,16H,4-6,8,11-12,14H2,1-3H3. The molecule has 0 spiro atoms. The Morgan fingerprint density at radius 2 is 2.00 bits per heavy atom. The number of hydrogen-bond donors (Lipinski definition) is 0. The molecule has 0 fully saturated rings. The minimum Gasteiger partial charge on any atom is -0.295 e. The molecular weight excluding hydrogens is 292 g/mol. The molecule has 0 saturated heterocycles. The van der Waals surface area contributed by atoms with Gasteiger partial charge in [0.05, 0.1) is 0 Å². The number of thioether (sulfide) groups is 1. The molecule has 0 N–H and O–H groups in total. The van der Waals surface area contributed by atoms with Crippen molar-refractivity contribution in [3.05, 3.63) is 35.4 Å². The number of Topliss-reactive ketones (excluding diaryl/α,β-unsaturated/α-hetero) is 1. The van der Waals surface area contributed by atoms with Crippen molar-refractivity contribution in [2.45, 2.75) is 59.3 Å². The predicted molar refractivity (Wildman–Crippen MR) is 95.5 cm³/mol. The van der Waals surface area contributed by atoms with Crippen LogP contribution in [0.4, 0.5) is 0 Å². The number of unbranched alkanes of at least 4 members (excludes halogenated alkanes) is 1. The van der Waals surface area contributed by atoms with E-state index in [4.69, 9.17) is 0 Å². The van der Waals surface area contributed by atoms with E-state index in [1.165, 1.54) is 31.0 Å². The van der Waals surface area contributed by atoms with Crippen LogP contribution in [0, 0.1) is 5.92 Å². The molecule has 122 valence electrons. The van der Waals surface area contributed by atoms with Crippen LogP contribution in [-0.4, -0.2) is 16.7 Å². The first-order chi connectivity index (χ1) is 10.6. The molecular formula is C19H28O2S. The average Bonchev–Trinajstić information content (AvgIpc) is 2.53. The van der Waals surface area contributed by atoms with Gasteiger partial charge in [-0.25, -0.2) is 0 Å². The summed E-state index contributed by atoms with van der Waals surface area (Å²) in [6, 6.07) is 7.60. The van der Waals surface area contributed by atoms with Crippen LogP contribution < -0.4 is 0 Å². The zero-order chi connectivity index (χ0) is 16.4. The van der Waals surface area contributed by atoms with Crippen LogP contribution in [0.15, 0.2) is 24.3 Å². The van der Waals surface area contributed by atoms with Crippen LogP contribution in [-0.2, 0) is 11.2 Å². The van der Waals surface area contributed by atoms with Gasteiger partial charge in [0.15, 0.2) is 10.9 Å². The summed E-state index contributed by atoms with van der Waals surface area (Å²) >= 11 is 1.48. The molecule has 0 aliphatic heterocycles. The van der Waals surface area contributed by atoms with Crippen LogP contribution in [0.1, 0.15) is 68.8 Å². The third-order valence-corrected chi connectivity index (χ3v) is 5.14. The lowest BCUT2D eigenvalue weighted by atomic mass is 10.0. The fraction of sp³-hybridized carbons (Fsp3) is 0.579. The van der Waals surface area contributed by atoms with E-state index < -0.39 is 0 Å². The van der Waals surface area contributed by atoms with Crippen molar-refractivity contribution < 1.29 is 9.59 Å². The maximum atomic E-state index is 12.0. The fourth-order valence-electron chi connectivity index (χ4n) is 2.37. The Labute approximate surface area is 139 Å². The molecule has 0 radical (unpaired) electrons. The highest BCUT2D eigenvalue weighted by Gasteiger charge is 2.10. The quantitative estimate of drug-likeness (QED) is 0.549. The average molecular weight is 320 g/mol. The first-order valence-electron chi connectivity index (χ1n) is 8.32. The van der Waals surface area contributed by atoms with Crippen molar-refractivity contribution in [3.63, 3.8) is 0 Å². The van der Waals surface area contributed by atoms with Gasteiger partial charge in [-0.15, -0.1) is 0 Å². The topological polar surface area (TPSA) is 34.1 Å². The highest BCUT2D eigenvalue weighted by atomic mass is 32.2. The van der Waals surface area contributed by atoms with E-state index in [9.17, 15) is 9.59 Å². The Bertz CT molecular complexity index is 482. The van der Waals surface area contributed by atoms with Gasteiger partial charge in [0, 0.05) is 17.7 Å². The lowest BCUT2D eigenvalue weighted by Gasteiger charge is -2.13. The van der Waals surface area contributed by atoms with Gasteiger partial charge < -0.3 is 0 Å². The Morgan fingerprint density at radius 1 is 1.23 bits per heavy atom. The van der Waals surface area contributed by atoms with E-state index >= 15 is 0 Å². The van der Waals surface area contributed by atoms with E-state index in [0.717, 1.165) is 29.7 Å². The number of carbonyl (C=O) groups is 2. The summed E-state index contributed by atoms with van der Waals surface area (Å²) in [6.45, 7) is 5.99. The Hall–Kier alpha value is -1.09. The molecule has 0 amide bonds. The maximum Gasteiger partial charge on any atom is 0.189 e. The normalized spacial score (nSPS) is 12.1. The van der Waals surface area contributed by atoms with Crippen LogP contribution in [0.2, 0.25) is 0 Å². The molecule has 0 heterocycles. The number of rotatable bonds is 10. The van der Waals surface area contributed by atoms with Gasteiger partial charge in [-0.05, 0) is 37.3 Å². The van der Waals surface area contributed by atoms with Crippen molar-refractivity contribution in [3.8, 4) is 0 Å². The smallest absolute Gasteiger partial charge is 0.189 e. The second kappa shape index (κ2) is 10.6. The highest BCUT2D eigenvalue weighted by molar-refractivity contribution is 8.13. The van der Waals surface area contributed by atoms with Crippen molar-refractivity contribution >= 4 is 22.7 Å². The Kier molecular flexibility index (Phi) is 9.14. The molecule has 1 aromatic carbocycles. The number of benzene rings is 1. The summed E-state index contributed by atoms with van der Waals surface area (Å²) in [4.78, 5) is 23.4. The van der Waals surface area contributed by atoms with Gasteiger partial charge in [-0.2, -0.15) is 0 Å². The second-order valence-electron chi connectivity index (χ2n) is 5.86. The van der Waals surface area contributed by atoms with Gasteiger partial charge in [0.2, 0.25) is 0 Å². The molecule has 1 aromatic rings. The minimum atomic E-state index is 0.0734. The fourth-order valence-corrected chi connectivity index (χ4v) is 3.44. The predicted octanol–water partition coefficient (Wildman–Crippen LogP) is 5.30. The van der Waals surface area contributed by atoms with Gasteiger partial charge in [0.1, 0.15) is 0 Å². The van der Waals surface area contributed by atoms with Crippen LogP contribution >= 0.6 is 11.8 Å². The lowest BCUT2D eigenvalue weighted by Crippen LogP contribution is -2.06. The molecule has 0 aliphatic rings. The SMILES string of the molecule is CCCCC(CC)CSC(=O)CCc1cccc(C(C)=O)c1. The summed E-state index contributed by atoms with van der Waals surface area (Å²) in [5, 5.41) is 0.267. The highest BCUT2D eigenvalue weighted by Crippen LogP contribution is 2.20.